The minimum Gasteiger partial charge on any atom is -0.374 e. The maximum absolute atomic E-state index is 14.3. The molecule has 0 aliphatic carbocycles. The largest absolute Gasteiger partial charge is 0.435 e. The highest BCUT2D eigenvalue weighted by molar-refractivity contribution is 8.26. The number of hydrazine groups is 1. The molecular weight excluding hydrogens is 661 g/mol. The highest BCUT2D eigenvalue weighted by Gasteiger charge is 2.62. The Labute approximate surface area is 260 Å². The first-order chi connectivity index (χ1) is 19.8. The average Bonchev–Trinajstić information content (AvgIpc) is 3.51. The van der Waals surface area contributed by atoms with E-state index in [1.165, 1.54) is 18.2 Å². The predicted molar refractivity (Wildman–Crippen MR) is 157 cm³/mol. The third-order valence-electron chi connectivity index (χ3n) is 6.29. The number of hydrogen-bond acceptors (Lipinski definition) is 6. The van der Waals surface area contributed by atoms with Crippen molar-refractivity contribution < 1.29 is 32.0 Å². The van der Waals surface area contributed by atoms with E-state index in [0.717, 1.165) is 34.5 Å². The van der Waals surface area contributed by atoms with Crippen molar-refractivity contribution in [1.29, 1.82) is 0 Å². The van der Waals surface area contributed by atoms with Gasteiger partial charge in [0, 0.05) is 17.5 Å². The van der Waals surface area contributed by atoms with E-state index in [1.54, 1.807) is 30.3 Å². The molecule has 1 unspecified atom stereocenters. The van der Waals surface area contributed by atoms with Crippen molar-refractivity contribution in [3.05, 3.63) is 109 Å². The van der Waals surface area contributed by atoms with Crippen LogP contribution in [0.2, 0.25) is 15.1 Å². The molecule has 1 atom stereocenters. The molecule has 1 N–H and O–H groups in total. The smallest absolute Gasteiger partial charge is 0.374 e. The molecule has 3 aromatic carbocycles. The molecule has 0 bridgehead atoms. The second-order valence-corrected chi connectivity index (χ2v) is 11.8. The van der Waals surface area contributed by atoms with Crippen LogP contribution in [0.15, 0.2) is 70.7 Å². The van der Waals surface area contributed by atoms with Gasteiger partial charge in [0.2, 0.25) is 0 Å². The van der Waals surface area contributed by atoms with Crippen molar-refractivity contribution in [2.75, 3.05) is 0 Å². The topological polar surface area (TPSA) is 71.0 Å². The van der Waals surface area contributed by atoms with Crippen LogP contribution >= 0.6 is 58.8 Å². The normalized spacial score (nSPS) is 19.7. The van der Waals surface area contributed by atoms with Crippen LogP contribution in [0.3, 0.4) is 0 Å². The van der Waals surface area contributed by atoms with Gasteiger partial charge in [-0.2, -0.15) is 18.2 Å². The second kappa shape index (κ2) is 11.5. The molecular formula is C27H14Cl3F4N3O3S2. The summed E-state index contributed by atoms with van der Waals surface area (Å²) in [5.74, 6) is -2.40. The van der Waals surface area contributed by atoms with E-state index in [1.807, 2.05) is 6.07 Å². The predicted octanol–water partition coefficient (Wildman–Crippen LogP) is 7.91. The van der Waals surface area contributed by atoms with Crippen LogP contribution in [0.25, 0.3) is 6.08 Å². The Balaban J connectivity index is 1.35. The van der Waals surface area contributed by atoms with Crippen molar-refractivity contribution in [2.45, 2.75) is 18.2 Å². The molecule has 0 radical (unpaired) electrons. The maximum Gasteiger partial charge on any atom is 0.435 e. The van der Waals surface area contributed by atoms with E-state index >= 15 is 0 Å². The van der Waals surface area contributed by atoms with Gasteiger partial charge in [-0.1, -0.05) is 88.1 Å². The molecule has 2 amide bonds. The summed E-state index contributed by atoms with van der Waals surface area (Å²) in [6.45, 7) is 0. The number of thiocarbonyl (C=S) groups is 1. The summed E-state index contributed by atoms with van der Waals surface area (Å²) >= 11 is 24.1. The molecule has 0 spiro atoms. The van der Waals surface area contributed by atoms with Crippen molar-refractivity contribution in [2.24, 2.45) is 5.16 Å². The maximum atomic E-state index is 14.3. The van der Waals surface area contributed by atoms with Crippen molar-refractivity contribution >= 4 is 86.7 Å². The van der Waals surface area contributed by atoms with Crippen molar-refractivity contribution in [3.8, 4) is 0 Å². The fourth-order valence-electron chi connectivity index (χ4n) is 4.15. The average molecular weight is 675 g/mol. The third-order valence-corrected chi connectivity index (χ3v) is 8.45. The summed E-state index contributed by atoms with van der Waals surface area (Å²) in [6, 6.07) is 14.4. The summed E-state index contributed by atoms with van der Waals surface area (Å²) in [5, 5.41) is 3.16. The summed E-state index contributed by atoms with van der Waals surface area (Å²) in [6.07, 6.45) is -4.19. The van der Waals surface area contributed by atoms with Crippen LogP contribution in [0.5, 0.6) is 0 Å². The zero-order valence-electron chi connectivity index (χ0n) is 20.6. The Bertz CT molecular complexity index is 1680. The Kier molecular flexibility index (Phi) is 8.29. The Hall–Kier alpha value is -3.16. The first-order valence-electron chi connectivity index (χ1n) is 11.7. The number of amides is 2. The second-order valence-electron chi connectivity index (χ2n) is 8.95. The summed E-state index contributed by atoms with van der Waals surface area (Å²) in [7, 11) is 0. The van der Waals surface area contributed by atoms with Crippen molar-refractivity contribution in [3.63, 3.8) is 0 Å². The van der Waals surface area contributed by atoms with Gasteiger partial charge in [0.05, 0.1) is 31.2 Å². The number of oxime groups is 1. The number of benzene rings is 3. The lowest BCUT2D eigenvalue weighted by molar-refractivity contribution is -0.275. The van der Waals surface area contributed by atoms with Gasteiger partial charge in [-0.15, -0.1) is 0 Å². The quantitative estimate of drug-likeness (QED) is 0.129. The fraction of sp³-hybridized carbons (Fsp3) is 0.111. The van der Waals surface area contributed by atoms with Crippen molar-refractivity contribution in [1.82, 2.24) is 10.4 Å². The molecule has 6 nitrogen and oxygen atoms in total. The van der Waals surface area contributed by atoms with Crippen LogP contribution in [0.4, 0.5) is 17.6 Å². The number of nitrogens with one attached hydrogen (secondary N) is 1. The first-order valence-corrected chi connectivity index (χ1v) is 14.1. The van der Waals surface area contributed by atoms with Gasteiger partial charge in [-0.25, -0.2) is 4.39 Å². The van der Waals surface area contributed by atoms with E-state index in [-0.39, 0.29) is 26.2 Å². The summed E-state index contributed by atoms with van der Waals surface area (Å²) < 4.78 is 56.9. The highest BCUT2D eigenvalue weighted by atomic mass is 35.5. The van der Waals surface area contributed by atoms with Crippen LogP contribution < -0.4 is 5.43 Å². The lowest BCUT2D eigenvalue weighted by Crippen LogP contribution is -2.45. The third kappa shape index (κ3) is 5.61. The SMILES string of the molecule is O=C(NN1C(=O)C(=Cc2ccccc2)SC1=S)c1ccc(C2=NOC(c3cc(Cl)c(F)c(Cl)c3)(C(F)(F)F)C2)cc1Cl. The van der Waals surface area contributed by atoms with Gasteiger partial charge in [0.25, 0.3) is 17.4 Å². The number of alkyl halides is 3. The van der Waals surface area contributed by atoms with Crippen LogP contribution in [0.1, 0.15) is 33.5 Å². The van der Waals surface area contributed by atoms with Gasteiger partial charge in [0.15, 0.2) is 10.1 Å². The van der Waals surface area contributed by atoms with Gasteiger partial charge in [0.1, 0.15) is 0 Å². The summed E-state index contributed by atoms with van der Waals surface area (Å²) in [4.78, 5) is 31.1. The molecule has 2 heterocycles. The van der Waals surface area contributed by atoms with E-state index in [2.05, 4.69) is 10.6 Å². The number of halogens is 7. The minimum atomic E-state index is -5.00. The Morgan fingerprint density at radius 3 is 2.36 bits per heavy atom. The number of carbonyl (C=O) groups is 2. The lowest BCUT2D eigenvalue weighted by atomic mass is 9.86. The minimum absolute atomic E-state index is 0.0831. The molecule has 2 aliphatic heterocycles. The van der Waals surface area contributed by atoms with Gasteiger partial charge in [-0.3, -0.25) is 15.0 Å². The lowest BCUT2D eigenvalue weighted by Gasteiger charge is -2.29. The first kappa shape index (κ1) is 30.3. The molecule has 0 saturated carbocycles. The van der Waals surface area contributed by atoms with Crippen LogP contribution in [-0.2, 0) is 15.2 Å². The number of rotatable bonds is 5. The van der Waals surface area contributed by atoms with Crippen LogP contribution in [-0.4, -0.2) is 33.0 Å². The molecule has 15 heteroatoms. The number of carbonyl (C=O) groups excluding carboxylic acids is 2. The van der Waals surface area contributed by atoms with E-state index in [0.29, 0.717) is 4.91 Å². The summed E-state index contributed by atoms with van der Waals surface area (Å²) in [5.41, 5.74) is -0.482. The Morgan fingerprint density at radius 2 is 1.74 bits per heavy atom. The molecule has 5 rings (SSSR count). The van der Waals surface area contributed by atoms with Crippen LogP contribution in [0, 0.1) is 5.82 Å². The molecule has 1 fully saturated rings. The van der Waals surface area contributed by atoms with Gasteiger partial charge in [-0.05, 0) is 48.1 Å². The standard InChI is InChI=1S/C27H14Cl3F4N3O3S2/c28-17-9-14(20-12-26(40-36-20,27(32,33)34)15-10-18(29)22(31)19(30)11-15)6-7-16(17)23(38)35-37-24(39)21(42-25(37)41)8-13-4-2-1-3-5-13/h1-11H,12H2,(H,35,38). The number of hydrogen-bond donors (Lipinski definition) is 1. The number of thioether (sulfide) groups is 1. The molecule has 1 saturated heterocycles. The zero-order valence-corrected chi connectivity index (χ0v) is 24.5. The molecule has 0 aromatic heterocycles. The molecule has 3 aromatic rings. The van der Waals surface area contributed by atoms with Gasteiger partial charge < -0.3 is 4.84 Å². The fourth-order valence-corrected chi connectivity index (χ4v) is 6.09. The van der Waals surface area contributed by atoms with E-state index < -0.39 is 51.4 Å². The highest BCUT2D eigenvalue weighted by Crippen LogP contribution is 2.50. The zero-order chi connectivity index (χ0) is 30.4. The van der Waals surface area contributed by atoms with Gasteiger partial charge >= 0.3 is 6.18 Å². The monoisotopic (exact) mass is 673 g/mol. The molecule has 2 aliphatic rings. The van der Waals surface area contributed by atoms with E-state index in [9.17, 15) is 27.2 Å². The van der Waals surface area contributed by atoms with E-state index in [4.69, 9.17) is 51.9 Å². The molecule has 42 heavy (non-hydrogen) atoms. The number of nitrogens with zero attached hydrogens (tertiary/aromatic N) is 2. The molecule has 216 valence electrons. The Morgan fingerprint density at radius 1 is 1.07 bits per heavy atom.